The molecule has 2 aromatic carbocycles. The lowest BCUT2D eigenvalue weighted by Gasteiger charge is -2.34. The molecule has 4 nitrogen and oxygen atoms in total. The maximum atomic E-state index is 13.0. The van der Waals surface area contributed by atoms with Gasteiger partial charge in [0, 0.05) is 29.6 Å². The van der Waals surface area contributed by atoms with Crippen LogP contribution in [0.5, 0.6) is 0 Å². The summed E-state index contributed by atoms with van der Waals surface area (Å²) in [6.45, 7) is 5.98. The van der Waals surface area contributed by atoms with Crippen molar-refractivity contribution in [2.24, 2.45) is 0 Å². The van der Waals surface area contributed by atoms with Gasteiger partial charge in [-0.15, -0.1) is 6.58 Å². The third-order valence-electron chi connectivity index (χ3n) is 4.85. The third kappa shape index (κ3) is 4.18. The van der Waals surface area contributed by atoms with Gasteiger partial charge in [0.15, 0.2) is 0 Å². The molecule has 1 aliphatic heterocycles. The number of allylic oxidation sites excluding steroid dienone is 1. The zero-order valence-electron chi connectivity index (χ0n) is 15.7. The first-order valence-electron chi connectivity index (χ1n) is 9.10. The van der Waals surface area contributed by atoms with Crippen molar-refractivity contribution in [3.05, 3.63) is 94.7 Å². The molecule has 1 heterocycles. The molecule has 5 heteroatoms. The number of halogens is 1. The minimum absolute atomic E-state index is 0.0677. The fraction of sp³-hybridized carbons (Fsp3) is 0.217. The summed E-state index contributed by atoms with van der Waals surface area (Å²) in [5, 5.41) is 0.527. The van der Waals surface area contributed by atoms with E-state index < -0.39 is 11.9 Å². The Morgan fingerprint density at radius 1 is 1.21 bits per heavy atom. The van der Waals surface area contributed by atoms with Crippen LogP contribution in [0.1, 0.15) is 30.4 Å². The van der Waals surface area contributed by atoms with E-state index >= 15 is 0 Å². The quantitative estimate of drug-likeness (QED) is 0.518. The van der Waals surface area contributed by atoms with Crippen molar-refractivity contribution >= 4 is 23.5 Å². The topological polar surface area (TPSA) is 46.6 Å². The first-order chi connectivity index (χ1) is 13.5. The number of hydrogen-bond donors (Lipinski definition) is 0. The Hall–Kier alpha value is -2.85. The van der Waals surface area contributed by atoms with Gasteiger partial charge in [-0.1, -0.05) is 66.2 Å². The number of carbonyl (C=O) groups excluding carboxylic acids is 2. The molecule has 0 fully saturated rings. The largest absolute Gasteiger partial charge is 0.457 e. The molecule has 28 heavy (non-hydrogen) atoms. The first-order valence-corrected chi connectivity index (χ1v) is 9.48. The number of ether oxygens (including phenoxy) is 1. The smallest absolute Gasteiger partial charge is 0.336 e. The lowest BCUT2D eigenvalue weighted by atomic mass is 9.83. The molecule has 1 aliphatic rings. The van der Waals surface area contributed by atoms with Crippen LogP contribution in [0.4, 0.5) is 0 Å². The summed E-state index contributed by atoms with van der Waals surface area (Å²) in [7, 11) is 0. The van der Waals surface area contributed by atoms with Crippen molar-refractivity contribution in [2.45, 2.75) is 25.9 Å². The van der Waals surface area contributed by atoms with Gasteiger partial charge < -0.3 is 9.64 Å². The maximum absolute atomic E-state index is 13.0. The van der Waals surface area contributed by atoms with Crippen molar-refractivity contribution in [2.75, 3.05) is 6.54 Å². The van der Waals surface area contributed by atoms with Crippen LogP contribution < -0.4 is 0 Å². The summed E-state index contributed by atoms with van der Waals surface area (Å²) >= 11 is 6.38. The van der Waals surface area contributed by atoms with Crippen molar-refractivity contribution in [1.82, 2.24) is 4.90 Å². The summed E-state index contributed by atoms with van der Waals surface area (Å²) in [6.07, 6.45) is 1.80. The van der Waals surface area contributed by atoms with Crippen LogP contribution in [0.15, 0.2) is 78.5 Å². The van der Waals surface area contributed by atoms with Crippen LogP contribution in [0.3, 0.4) is 0 Å². The van der Waals surface area contributed by atoms with E-state index in [1.165, 1.54) is 0 Å². The molecule has 0 saturated heterocycles. The van der Waals surface area contributed by atoms with E-state index in [1.54, 1.807) is 24.0 Å². The number of esters is 1. The molecule has 0 aliphatic carbocycles. The van der Waals surface area contributed by atoms with E-state index in [9.17, 15) is 9.59 Å². The van der Waals surface area contributed by atoms with Crippen LogP contribution in [0.25, 0.3) is 0 Å². The van der Waals surface area contributed by atoms with Gasteiger partial charge in [-0.25, -0.2) is 4.79 Å². The number of nitrogens with zero attached hydrogens (tertiary/aromatic N) is 1. The number of benzene rings is 2. The molecular formula is C23H22ClNO3. The lowest BCUT2D eigenvalue weighted by Crippen LogP contribution is -2.38. The zero-order chi connectivity index (χ0) is 20.1. The van der Waals surface area contributed by atoms with E-state index in [4.69, 9.17) is 16.3 Å². The Bertz CT molecular complexity index is 920. The summed E-state index contributed by atoms with van der Waals surface area (Å²) < 4.78 is 5.59. The Labute approximate surface area is 170 Å². The summed E-state index contributed by atoms with van der Waals surface area (Å²) in [6, 6.07) is 16.8. The van der Waals surface area contributed by atoms with Gasteiger partial charge in [-0.05, 0) is 24.1 Å². The Morgan fingerprint density at radius 2 is 1.89 bits per heavy atom. The number of hydrogen-bond acceptors (Lipinski definition) is 3. The third-order valence-corrected chi connectivity index (χ3v) is 5.19. The van der Waals surface area contributed by atoms with Crippen molar-refractivity contribution in [3.63, 3.8) is 0 Å². The number of amides is 1. The second-order valence-electron chi connectivity index (χ2n) is 6.63. The second kappa shape index (κ2) is 8.89. The van der Waals surface area contributed by atoms with Crippen molar-refractivity contribution in [3.8, 4) is 0 Å². The van der Waals surface area contributed by atoms with E-state index in [2.05, 4.69) is 6.58 Å². The molecule has 1 atom stereocenters. The van der Waals surface area contributed by atoms with Gasteiger partial charge >= 0.3 is 5.97 Å². The minimum Gasteiger partial charge on any atom is -0.457 e. The van der Waals surface area contributed by atoms with Gasteiger partial charge in [-0.3, -0.25) is 4.79 Å². The molecule has 2 aromatic rings. The molecule has 0 radical (unpaired) electrons. The highest BCUT2D eigenvalue weighted by Gasteiger charge is 2.37. The zero-order valence-corrected chi connectivity index (χ0v) is 16.5. The Balaban J connectivity index is 1.96. The molecular weight excluding hydrogens is 374 g/mol. The SMILES string of the molecule is C=CCN1C(=O)CC(c2ccccc2Cl)C(C(=O)OCc2ccccc2)=C1C. The summed E-state index contributed by atoms with van der Waals surface area (Å²) in [5.41, 5.74) is 2.70. The highest BCUT2D eigenvalue weighted by molar-refractivity contribution is 6.31. The van der Waals surface area contributed by atoms with Crippen LogP contribution in [-0.2, 0) is 20.9 Å². The van der Waals surface area contributed by atoms with Gasteiger partial charge in [0.1, 0.15) is 6.61 Å². The van der Waals surface area contributed by atoms with E-state index in [1.807, 2.05) is 48.5 Å². The molecule has 0 N–H and O–H groups in total. The van der Waals surface area contributed by atoms with Crippen LogP contribution in [0.2, 0.25) is 5.02 Å². The summed E-state index contributed by atoms with van der Waals surface area (Å²) in [5.74, 6) is -0.944. The molecule has 1 amide bonds. The second-order valence-corrected chi connectivity index (χ2v) is 7.04. The van der Waals surface area contributed by atoms with Gasteiger partial charge in [0.25, 0.3) is 0 Å². The average Bonchev–Trinajstić information content (AvgIpc) is 2.70. The number of carbonyl (C=O) groups is 2. The van der Waals surface area contributed by atoms with Crippen LogP contribution >= 0.6 is 11.6 Å². The standard InChI is InChI=1S/C23H22ClNO3/c1-3-13-25-16(2)22(23(27)28-15-17-9-5-4-6-10-17)19(14-21(25)26)18-11-7-8-12-20(18)24/h3-12,19H,1,13-15H2,2H3. The van der Waals surface area contributed by atoms with Crippen molar-refractivity contribution < 1.29 is 14.3 Å². The van der Waals surface area contributed by atoms with Crippen molar-refractivity contribution in [1.29, 1.82) is 0 Å². The van der Waals surface area contributed by atoms with E-state index in [0.29, 0.717) is 22.8 Å². The monoisotopic (exact) mass is 395 g/mol. The molecule has 3 rings (SSSR count). The summed E-state index contributed by atoms with van der Waals surface area (Å²) in [4.78, 5) is 27.3. The molecule has 0 aromatic heterocycles. The van der Waals surface area contributed by atoms with Gasteiger partial charge in [0.2, 0.25) is 5.91 Å². The fourth-order valence-electron chi connectivity index (χ4n) is 3.45. The normalized spacial score (nSPS) is 16.9. The highest BCUT2D eigenvalue weighted by Crippen LogP contribution is 2.39. The Morgan fingerprint density at radius 3 is 2.57 bits per heavy atom. The number of rotatable bonds is 6. The molecule has 144 valence electrons. The fourth-order valence-corrected chi connectivity index (χ4v) is 3.72. The molecule has 0 bridgehead atoms. The van der Waals surface area contributed by atoms with E-state index in [0.717, 1.165) is 11.1 Å². The highest BCUT2D eigenvalue weighted by atomic mass is 35.5. The molecule has 0 spiro atoms. The Kier molecular flexibility index (Phi) is 6.32. The van der Waals surface area contributed by atoms with Crippen LogP contribution in [0, 0.1) is 0 Å². The maximum Gasteiger partial charge on any atom is 0.336 e. The minimum atomic E-state index is -0.439. The van der Waals surface area contributed by atoms with Gasteiger partial charge in [0.05, 0.1) is 5.57 Å². The van der Waals surface area contributed by atoms with Crippen LogP contribution in [-0.4, -0.2) is 23.3 Å². The average molecular weight is 396 g/mol. The lowest BCUT2D eigenvalue weighted by molar-refractivity contribution is -0.141. The van der Waals surface area contributed by atoms with E-state index in [-0.39, 0.29) is 18.9 Å². The predicted octanol–water partition coefficient (Wildman–Crippen LogP) is 4.86. The molecule has 1 unspecified atom stereocenters. The predicted molar refractivity (Wildman–Crippen MR) is 110 cm³/mol. The van der Waals surface area contributed by atoms with Gasteiger partial charge in [-0.2, -0.15) is 0 Å². The first kappa shape index (κ1) is 19.9. The molecule has 0 saturated carbocycles.